The molecule has 0 spiro atoms. The molecule has 0 amide bonds. The number of aromatic nitrogens is 8. The molecule has 28 rings (SSSR count). The van der Waals surface area contributed by atoms with Gasteiger partial charge in [-0.2, -0.15) is 0 Å². The van der Waals surface area contributed by atoms with Crippen molar-refractivity contribution >= 4 is 131 Å². The van der Waals surface area contributed by atoms with Crippen molar-refractivity contribution in [3.63, 3.8) is 0 Å². The molecule has 0 N–H and O–H groups in total. The van der Waals surface area contributed by atoms with Gasteiger partial charge in [-0.15, -0.1) is 0 Å². The monoisotopic (exact) mass is 1720 g/mol. The lowest BCUT2D eigenvalue weighted by molar-refractivity contribution is 0.660. The minimum absolute atomic E-state index is 0.410. The second-order valence-corrected chi connectivity index (χ2v) is 36.8. The maximum atomic E-state index is 5.54. The van der Waals surface area contributed by atoms with Gasteiger partial charge in [0.15, 0.2) is 5.82 Å². The van der Waals surface area contributed by atoms with Gasteiger partial charge in [0, 0.05) is 121 Å². The van der Waals surface area contributed by atoms with Crippen molar-refractivity contribution in [2.75, 3.05) is 0 Å². The number of benzene rings is 20. The first-order chi connectivity index (χ1) is 66.7. The van der Waals surface area contributed by atoms with E-state index in [1.807, 2.05) is 0 Å². The molecule has 1 aliphatic carbocycles. The molecule has 0 atom stereocenters. The van der Waals surface area contributed by atoms with Crippen LogP contribution in [-0.4, -0.2) is 37.4 Å². The number of hydrogen-bond donors (Lipinski definition) is 0. The number of nitrogens with zero attached hydrogens (tertiary/aromatic N) is 8. The number of rotatable bonds is 13. The number of hydrogen-bond acceptors (Lipinski definition) is 2. The molecule has 0 radical (unpaired) electrons. The van der Waals surface area contributed by atoms with Crippen molar-refractivity contribution in [3.8, 4) is 124 Å². The van der Waals surface area contributed by atoms with Gasteiger partial charge >= 0.3 is 0 Å². The molecule has 0 saturated carbocycles. The summed E-state index contributed by atoms with van der Waals surface area (Å²) in [5, 5.41) is 14.5. The van der Waals surface area contributed by atoms with E-state index >= 15 is 0 Å². The van der Waals surface area contributed by atoms with Gasteiger partial charge in [0.05, 0.1) is 77.6 Å². The van der Waals surface area contributed by atoms with E-state index in [0.29, 0.717) is 5.82 Å². The molecule has 27 aromatic rings. The molecule has 20 aromatic carbocycles. The van der Waals surface area contributed by atoms with E-state index in [1.165, 1.54) is 131 Å². The zero-order chi connectivity index (χ0) is 88.8. The lowest BCUT2D eigenvalue weighted by atomic mass is 9.81. The molecule has 0 saturated heterocycles. The molecule has 7 heterocycles. The maximum Gasteiger partial charge on any atom is 0.160 e. The SMILES string of the molecule is CC1(C)c2cc(-c3cc(-c4cccc(-n5c6ccc(-c7ccc8c(c7)c7ccccc7n8-c7ccccc7)cc6c6cc(-c7ccc8c(c7)c7ccccc7n8-c7ccccc7)ccc65)c4)nc(-c4ccccc4)n3)ccc2-c2ccc(-n3c4ccc(-c5ccc6c(c5)c5ccccc5n6-c5ccccc5)cc4c4cc(-c5ccc6c(c5)c5ccccc5n6-c5ccccc5)ccc43)cc21. The zero-order valence-electron chi connectivity index (χ0n) is 74.0. The van der Waals surface area contributed by atoms with Crippen LogP contribution in [0.5, 0.6) is 0 Å². The second kappa shape index (κ2) is 29.7. The fraction of sp³-hybridized carbons (Fsp3) is 0.0236. The fourth-order valence-electron chi connectivity index (χ4n) is 22.6. The van der Waals surface area contributed by atoms with Gasteiger partial charge < -0.3 is 27.4 Å². The third kappa shape index (κ3) is 11.8. The minimum Gasteiger partial charge on any atom is -0.309 e. The lowest BCUT2D eigenvalue weighted by Gasteiger charge is -2.23. The van der Waals surface area contributed by atoms with Crippen LogP contribution in [0, 0.1) is 0 Å². The van der Waals surface area contributed by atoms with Crippen LogP contribution in [0.25, 0.3) is 254 Å². The lowest BCUT2D eigenvalue weighted by Crippen LogP contribution is -2.15. The van der Waals surface area contributed by atoms with Gasteiger partial charge in [-0.25, -0.2) is 9.97 Å². The summed E-state index contributed by atoms with van der Waals surface area (Å²) in [5.74, 6) is 0.663. The first-order valence-electron chi connectivity index (χ1n) is 46.6. The predicted octanol–water partition coefficient (Wildman–Crippen LogP) is 33.0. The summed E-state index contributed by atoms with van der Waals surface area (Å²) >= 11 is 0. The molecular formula is C127H82N8. The highest BCUT2D eigenvalue weighted by molar-refractivity contribution is 6.18. The minimum atomic E-state index is -0.410. The van der Waals surface area contributed by atoms with Crippen LogP contribution in [0.4, 0.5) is 0 Å². The van der Waals surface area contributed by atoms with Crippen LogP contribution in [0.2, 0.25) is 0 Å². The Morgan fingerprint density at radius 3 is 0.711 bits per heavy atom. The highest BCUT2D eigenvalue weighted by Gasteiger charge is 2.37. The summed E-state index contributed by atoms with van der Waals surface area (Å²) in [7, 11) is 0. The molecule has 630 valence electrons. The average Bonchev–Trinajstić information content (AvgIpc) is 1.58. The van der Waals surface area contributed by atoms with Crippen molar-refractivity contribution in [1.29, 1.82) is 0 Å². The van der Waals surface area contributed by atoms with Crippen LogP contribution in [-0.2, 0) is 5.41 Å². The third-order valence-corrected chi connectivity index (χ3v) is 29.0. The molecule has 0 unspecified atom stereocenters. The fourth-order valence-corrected chi connectivity index (χ4v) is 22.6. The van der Waals surface area contributed by atoms with E-state index in [9.17, 15) is 0 Å². The Bertz CT molecular complexity index is 9210. The summed E-state index contributed by atoms with van der Waals surface area (Å²) in [4.78, 5) is 11.1. The van der Waals surface area contributed by atoms with Crippen molar-refractivity contribution in [3.05, 3.63) is 472 Å². The van der Waals surface area contributed by atoms with E-state index < -0.39 is 5.41 Å². The highest BCUT2D eigenvalue weighted by Crippen LogP contribution is 2.53. The summed E-state index contributed by atoms with van der Waals surface area (Å²) in [6, 6.07) is 170. The predicted molar refractivity (Wildman–Crippen MR) is 564 cm³/mol. The molecule has 1 aliphatic rings. The first kappa shape index (κ1) is 76.2. The smallest absolute Gasteiger partial charge is 0.160 e. The van der Waals surface area contributed by atoms with Crippen molar-refractivity contribution in [2.45, 2.75) is 19.3 Å². The van der Waals surface area contributed by atoms with Gasteiger partial charge in [-0.05, 0) is 273 Å². The van der Waals surface area contributed by atoms with Gasteiger partial charge in [-0.1, -0.05) is 269 Å². The van der Waals surface area contributed by atoms with Gasteiger partial charge in [0.1, 0.15) is 0 Å². The van der Waals surface area contributed by atoms with Crippen molar-refractivity contribution < 1.29 is 0 Å². The Morgan fingerprint density at radius 2 is 0.385 bits per heavy atom. The number of fused-ring (bicyclic) bond motifs is 21. The Labute approximate surface area is 777 Å². The summed E-state index contributed by atoms with van der Waals surface area (Å²) in [5.41, 5.74) is 39.2. The normalized spacial score (nSPS) is 12.6. The first-order valence-corrected chi connectivity index (χ1v) is 46.6. The van der Waals surface area contributed by atoms with Crippen LogP contribution in [0.3, 0.4) is 0 Å². The van der Waals surface area contributed by atoms with Gasteiger partial charge in [-0.3, -0.25) is 0 Å². The largest absolute Gasteiger partial charge is 0.309 e. The van der Waals surface area contributed by atoms with E-state index in [0.717, 1.165) is 128 Å². The maximum absolute atomic E-state index is 5.54. The molecular weight excluding hydrogens is 1640 g/mol. The zero-order valence-corrected chi connectivity index (χ0v) is 74.0. The standard InChI is InChI=1S/C127H82N8/c1-127(2)110-76-89(47-57-96(110)97-58-56-95(77-111(97)127)135-124-65-54-86(82-50-61-120-104(70-82)100-41-20-24-45-116(100)132(120)92-34-14-6-15-35-92)74-108(124)109-75-87(55-66-125(109)135)83-51-62-121-105(71-83)101-42-21-25-46-117(101)133(121)93-36-16-7-17-37-93)113-78-112(128-126(129-113)79-27-8-3-9-28-79)88-29-26-38-94(67-88)134-122-63-52-84(80-48-59-118-102(68-80)98-39-18-22-43-114(98)130(118)90-30-10-4-11-31-90)72-106(122)107-73-85(53-64-123(107)134)81-49-60-119-103(69-81)99-40-19-23-44-115(99)131(119)91-32-12-5-13-33-91/h3-78H,1-2H3. The van der Waals surface area contributed by atoms with E-state index in [1.54, 1.807) is 0 Å². The van der Waals surface area contributed by atoms with Crippen LogP contribution in [0.15, 0.2) is 461 Å². The van der Waals surface area contributed by atoms with E-state index in [2.05, 4.69) is 502 Å². The summed E-state index contributed by atoms with van der Waals surface area (Å²) in [6.45, 7) is 4.80. The van der Waals surface area contributed by atoms with Crippen LogP contribution < -0.4 is 0 Å². The molecule has 135 heavy (non-hydrogen) atoms. The molecule has 7 aromatic heterocycles. The quantitative estimate of drug-likeness (QED) is 0.116. The molecule has 0 aliphatic heterocycles. The Balaban J connectivity index is 0.559. The average molecular weight is 1720 g/mol. The van der Waals surface area contributed by atoms with Crippen molar-refractivity contribution in [1.82, 2.24) is 37.4 Å². The summed E-state index contributed by atoms with van der Waals surface area (Å²) in [6.07, 6.45) is 0. The van der Waals surface area contributed by atoms with Crippen LogP contribution >= 0.6 is 0 Å². The molecule has 0 fully saturated rings. The van der Waals surface area contributed by atoms with Gasteiger partial charge in [0.25, 0.3) is 0 Å². The number of para-hydroxylation sites is 8. The Kier molecular flexibility index (Phi) is 16.7. The van der Waals surface area contributed by atoms with Crippen LogP contribution in [0.1, 0.15) is 25.0 Å². The molecule has 8 heteroatoms. The Morgan fingerprint density at radius 1 is 0.156 bits per heavy atom. The summed E-state index contributed by atoms with van der Waals surface area (Å²) < 4.78 is 14.5. The highest BCUT2D eigenvalue weighted by atomic mass is 15.0. The third-order valence-electron chi connectivity index (χ3n) is 29.0. The van der Waals surface area contributed by atoms with Gasteiger partial charge in [0.2, 0.25) is 0 Å². The topological polar surface area (TPSA) is 55.4 Å². The molecule has 0 bridgehead atoms. The molecule has 8 nitrogen and oxygen atoms in total. The van der Waals surface area contributed by atoms with E-state index in [-0.39, 0.29) is 0 Å². The Hall–Kier alpha value is -17.7. The van der Waals surface area contributed by atoms with Crippen molar-refractivity contribution in [2.24, 2.45) is 0 Å². The van der Waals surface area contributed by atoms with E-state index in [4.69, 9.17) is 9.97 Å². The second-order valence-electron chi connectivity index (χ2n) is 36.8.